The second-order valence-corrected chi connectivity index (χ2v) is 9.44. The fraction of sp³-hybridized carbons (Fsp3) is 0.640. The Labute approximate surface area is 205 Å². The van der Waals surface area contributed by atoms with Crippen LogP contribution in [-0.4, -0.2) is 78.4 Å². The van der Waals surface area contributed by atoms with Crippen molar-refractivity contribution in [2.45, 2.75) is 51.0 Å². The van der Waals surface area contributed by atoms with Crippen molar-refractivity contribution in [1.82, 2.24) is 15.5 Å². The maximum Gasteiger partial charge on any atom is 0.266 e. The van der Waals surface area contributed by atoms with Crippen LogP contribution in [0.25, 0.3) is 0 Å². The van der Waals surface area contributed by atoms with Crippen molar-refractivity contribution in [3.05, 3.63) is 35.2 Å². The first-order valence-electron chi connectivity index (χ1n) is 12.5. The second-order valence-electron chi connectivity index (χ2n) is 9.44. The van der Waals surface area contributed by atoms with E-state index in [9.17, 15) is 9.90 Å². The molecule has 0 spiro atoms. The van der Waals surface area contributed by atoms with E-state index in [4.69, 9.17) is 19.1 Å². The van der Waals surface area contributed by atoms with Gasteiger partial charge in [0.05, 0.1) is 31.8 Å². The first kappa shape index (κ1) is 25.4. The van der Waals surface area contributed by atoms with Crippen LogP contribution in [0.15, 0.2) is 22.7 Å². The third-order valence-corrected chi connectivity index (χ3v) is 6.78. The number of aliphatic hydroxyl groups is 2. The smallest absolute Gasteiger partial charge is 0.266 e. The van der Waals surface area contributed by atoms with Gasteiger partial charge >= 0.3 is 0 Å². The Morgan fingerprint density at radius 2 is 2.14 bits per heavy atom. The summed E-state index contributed by atoms with van der Waals surface area (Å²) in [6.07, 6.45) is 4.27. The van der Waals surface area contributed by atoms with Crippen LogP contribution in [0.5, 0.6) is 5.75 Å². The number of aliphatic hydroxyl groups excluding tert-OH is 2. The van der Waals surface area contributed by atoms with Crippen LogP contribution in [0.2, 0.25) is 0 Å². The van der Waals surface area contributed by atoms with Gasteiger partial charge in [0.2, 0.25) is 5.89 Å². The molecule has 3 N–H and O–H groups in total. The number of carbonyl (C=O) groups is 1. The minimum absolute atomic E-state index is 0.0119. The third-order valence-electron chi connectivity index (χ3n) is 6.78. The average Bonchev–Trinajstić information content (AvgIpc) is 3.58. The lowest BCUT2D eigenvalue weighted by atomic mass is 9.92. The molecule has 4 rings (SSSR count). The van der Waals surface area contributed by atoms with E-state index >= 15 is 0 Å². The quantitative estimate of drug-likeness (QED) is 0.407. The summed E-state index contributed by atoms with van der Waals surface area (Å²) in [4.78, 5) is 19.0. The first-order valence-corrected chi connectivity index (χ1v) is 12.5. The van der Waals surface area contributed by atoms with Gasteiger partial charge in [0, 0.05) is 31.8 Å². The number of aromatic nitrogens is 2. The van der Waals surface area contributed by atoms with Crippen LogP contribution in [0.4, 0.5) is 5.95 Å². The zero-order valence-corrected chi connectivity index (χ0v) is 20.3. The van der Waals surface area contributed by atoms with E-state index in [2.05, 4.69) is 20.4 Å². The topological polar surface area (TPSA) is 130 Å². The van der Waals surface area contributed by atoms with Gasteiger partial charge in [0.25, 0.3) is 11.9 Å². The molecule has 1 amide bonds. The van der Waals surface area contributed by atoms with Crippen LogP contribution < -0.4 is 15.0 Å². The fourth-order valence-corrected chi connectivity index (χ4v) is 4.59. The average molecular weight is 489 g/mol. The van der Waals surface area contributed by atoms with Gasteiger partial charge in [-0.15, -0.1) is 0 Å². The number of aryl methyl sites for hydroxylation is 1. The normalized spacial score (nSPS) is 19.6. The van der Waals surface area contributed by atoms with Crippen molar-refractivity contribution in [2.75, 3.05) is 51.0 Å². The number of benzene rings is 1. The lowest BCUT2D eigenvalue weighted by molar-refractivity contribution is 0.0801. The van der Waals surface area contributed by atoms with Crippen LogP contribution in [-0.2, 0) is 4.74 Å². The monoisotopic (exact) mass is 488 g/mol. The molecule has 10 heteroatoms. The molecule has 2 aliphatic heterocycles. The highest BCUT2D eigenvalue weighted by Gasteiger charge is 2.27. The number of hydrogen-bond donors (Lipinski definition) is 3. The van der Waals surface area contributed by atoms with Gasteiger partial charge in [-0.05, 0) is 73.9 Å². The molecule has 3 heterocycles. The molecule has 0 aliphatic carbocycles. The van der Waals surface area contributed by atoms with E-state index in [0.717, 1.165) is 63.1 Å². The van der Waals surface area contributed by atoms with Crippen molar-refractivity contribution in [1.29, 1.82) is 0 Å². The molecule has 1 aromatic carbocycles. The molecular weight excluding hydrogens is 452 g/mol. The van der Waals surface area contributed by atoms with E-state index in [-0.39, 0.29) is 25.0 Å². The van der Waals surface area contributed by atoms with Gasteiger partial charge in [-0.25, -0.2) is 0 Å². The number of hydrogen-bond acceptors (Lipinski definition) is 9. The molecule has 2 aliphatic rings. The molecule has 2 aromatic rings. The maximum absolute atomic E-state index is 12.2. The summed E-state index contributed by atoms with van der Waals surface area (Å²) in [5.41, 5.74) is 1.33. The first-order chi connectivity index (χ1) is 17.0. The molecule has 2 fully saturated rings. The van der Waals surface area contributed by atoms with Gasteiger partial charge < -0.3 is 34.4 Å². The number of piperidine rings is 1. The van der Waals surface area contributed by atoms with E-state index < -0.39 is 6.10 Å². The lowest BCUT2D eigenvalue weighted by Gasteiger charge is -2.30. The van der Waals surface area contributed by atoms with E-state index in [1.54, 1.807) is 12.1 Å². The minimum Gasteiger partial charge on any atom is -0.494 e. The van der Waals surface area contributed by atoms with Crippen molar-refractivity contribution >= 4 is 11.9 Å². The standard InChI is InChI=1S/C25H36N4O6/c1-17-13-21(4-5-22(17)23(32)26-14-20(31)15-30)34-11-2-3-18-6-9-29(10-7-18)25-27-24(35-28-25)19-8-12-33-16-19/h4-5,13,18-20,30-31H,2-3,6-12,14-16H2,1H3,(H,26,32)/t19?,20-/m0/s1. The molecule has 0 bridgehead atoms. The van der Waals surface area contributed by atoms with Gasteiger partial charge in [-0.1, -0.05) is 0 Å². The van der Waals surface area contributed by atoms with Gasteiger partial charge in [0.15, 0.2) is 0 Å². The Morgan fingerprint density at radius 1 is 1.31 bits per heavy atom. The molecule has 0 radical (unpaired) electrons. The largest absolute Gasteiger partial charge is 0.494 e. The predicted octanol–water partition coefficient (Wildman–Crippen LogP) is 2.04. The molecule has 10 nitrogen and oxygen atoms in total. The Morgan fingerprint density at radius 3 is 2.86 bits per heavy atom. The number of anilines is 1. The SMILES string of the molecule is Cc1cc(OCCCC2CCN(c3noc(C4CCOC4)n3)CC2)ccc1C(=O)NC[C@H](O)CO. The summed E-state index contributed by atoms with van der Waals surface area (Å²) in [6, 6.07) is 5.37. The summed E-state index contributed by atoms with van der Waals surface area (Å²) < 4.78 is 16.8. The van der Waals surface area contributed by atoms with Crippen LogP contribution in [0.3, 0.4) is 0 Å². The van der Waals surface area contributed by atoms with Gasteiger partial charge in [-0.3, -0.25) is 4.79 Å². The number of rotatable bonds is 11. The third kappa shape index (κ3) is 6.93. The van der Waals surface area contributed by atoms with E-state index in [1.165, 1.54) is 0 Å². The molecule has 192 valence electrons. The number of nitrogens with zero attached hydrogens (tertiary/aromatic N) is 3. The van der Waals surface area contributed by atoms with Gasteiger partial charge in [0.1, 0.15) is 5.75 Å². The summed E-state index contributed by atoms with van der Waals surface area (Å²) in [7, 11) is 0. The molecule has 0 saturated carbocycles. The number of carbonyl (C=O) groups excluding carboxylic acids is 1. The molecule has 2 saturated heterocycles. The Kier molecular flexibility index (Phi) is 8.95. The highest BCUT2D eigenvalue weighted by molar-refractivity contribution is 5.95. The summed E-state index contributed by atoms with van der Waals surface area (Å²) in [6.45, 7) is 5.41. The Balaban J connectivity index is 1.14. The summed E-state index contributed by atoms with van der Waals surface area (Å²) in [5, 5.41) is 25.0. The molecular formula is C25H36N4O6. The van der Waals surface area contributed by atoms with Crippen LogP contribution in [0, 0.1) is 12.8 Å². The van der Waals surface area contributed by atoms with Crippen molar-refractivity contribution < 1.29 is 29.0 Å². The number of amides is 1. The Bertz CT molecular complexity index is 953. The minimum atomic E-state index is -0.960. The lowest BCUT2D eigenvalue weighted by Crippen LogP contribution is -2.34. The number of ether oxygens (including phenoxy) is 2. The maximum atomic E-state index is 12.2. The van der Waals surface area contributed by atoms with E-state index in [0.29, 0.717) is 36.5 Å². The number of nitrogens with one attached hydrogen (secondary N) is 1. The summed E-state index contributed by atoms with van der Waals surface area (Å²) in [5.74, 6) is 2.75. The van der Waals surface area contributed by atoms with Crippen LogP contribution >= 0.6 is 0 Å². The zero-order valence-electron chi connectivity index (χ0n) is 20.3. The molecule has 2 atom stereocenters. The van der Waals surface area contributed by atoms with Gasteiger partial charge in [-0.2, -0.15) is 4.98 Å². The van der Waals surface area contributed by atoms with Crippen molar-refractivity contribution in [3.63, 3.8) is 0 Å². The van der Waals surface area contributed by atoms with Crippen molar-refractivity contribution in [3.8, 4) is 5.75 Å². The molecule has 35 heavy (non-hydrogen) atoms. The van der Waals surface area contributed by atoms with Crippen LogP contribution in [0.1, 0.15) is 59.8 Å². The summed E-state index contributed by atoms with van der Waals surface area (Å²) >= 11 is 0. The molecule has 1 unspecified atom stereocenters. The highest BCUT2D eigenvalue weighted by Crippen LogP contribution is 2.28. The zero-order chi connectivity index (χ0) is 24.6. The van der Waals surface area contributed by atoms with E-state index in [1.807, 2.05) is 13.0 Å². The molecule has 1 aromatic heterocycles. The van der Waals surface area contributed by atoms with Crippen molar-refractivity contribution in [2.24, 2.45) is 5.92 Å². The predicted molar refractivity (Wildman–Crippen MR) is 129 cm³/mol. The Hall–Kier alpha value is -2.69. The highest BCUT2D eigenvalue weighted by atomic mass is 16.5. The second kappa shape index (κ2) is 12.3. The fourth-order valence-electron chi connectivity index (χ4n) is 4.59.